The monoisotopic (exact) mass is 429 g/mol. The summed E-state index contributed by atoms with van der Waals surface area (Å²) in [7, 11) is 3.15. The van der Waals surface area contributed by atoms with E-state index >= 15 is 0 Å². The Morgan fingerprint density at radius 2 is 2.07 bits per heavy atom. The van der Waals surface area contributed by atoms with Crippen LogP contribution < -0.4 is 14.8 Å². The molecule has 0 saturated heterocycles. The Morgan fingerprint density at radius 1 is 1.27 bits per heavy atom. The molecule has 30 heavy (non-hydrogen) atoms. The number of hydrogen-bond donors (Lipinski definition) is 1. The first-order valence-electron chi connectivity index (χ1n) is 9.99. The number of anilines is 1. The highest BCUT2D eigenvalue weighted by Gasteiger charge is 2.28. The van der Waals surface area contributed by atoms with Crippen LogP contribution in [0.3, 0.4) is 0 Å². The van der Waals surface area contributed by atoms with Crippen LogP contribution in [0, 0.1) is 5.92 Å². The predicted molar refractivity (Wildman–Crippen MR) is 119 cm³/mol. The molecular formula is C23H27NO5S. The van der Waals surface area contributed by atoms with Gasteiger partial charge in [-0.2, -0.15) is 0 Å². The zero-order chi connectivity index (χ0) is 21.7. The van der Waals surface area contributed by atoms with E-state index in [-0.39, 0.29) is 11.9 Å². The summed E-state index contributed by atoms with van der Waals surface area (Å²) in [6, 6.07) is 5.37. The SMILES string of the molecule is CCOC(=O)c1c(NC(=O)C=Cc2ccc(OC)cc2OC)sc2c1CCC(C)C2. The van der Waals surface area contributed by atoms with Gasteiger partial charge in [-0.15, -0.1) is 11.3 Å². The van der Waals surface area contributed by atoms with E-state index in [1.54, 1.807) is 39.4 Å². The number of ether oxygens (including phenoxy) is 3. The first-order chi connectivity index (χ1) is 14.5. The molecule has 3 rings (SSSR count). The Morgan fingerprint density at radius 3 is 2.77 bits per heavy atom. The van der Waals surface area contributed by atoms with Crippen molar-refractivity contribution in [3.8, 4) is 11.5 Å². The number of fused-ring (bicyclic) bond motifs is 1. The number of methoxy groups -OCH3 is 2. The molecule has 0 spiro atoms. The molecule has 2 aromatic rings. The van der Waals surface area contributed by atoms with Crippen molar-refractivity contribution >= 4 is 34.3 Å². The summed E-state index contributed by atoms with van der Waals surface area (Å²) in [4.78, 5) is 26.3. The number of esters is 1. The van der Waals surface area contributed by atoms with Crippen molar-refractivity contribution in [1.82, 2.24) is 0 Å². The maximum Gasteiger partial charge on any atom is 0.341 e. The van der Waals surface area contributed by atoms with Crippen LogP contribution in [0.15, 0.2) is 24.3 Å². The third-order valence-corrected chi connectivity index (χ3v) is 6.25. The van der Waals surface area contributed by atoms with Gasteiger partial charge in [0.2, 0.25) is 5.91 Å². The van der Waals surface area contributed by atoms with Gasteiger partial charge in [0.15, 0.2) is 0 Å². The molecule has 0 radical (unpaired) electrons. The highest BCUT2D eigenvalue weighted by atomic mass is 32.1. The Labute approximate surface area is 180 Å². The quantitative estimate of drug-likeness (QED) is 0.509. The van der Waals surface area contributed by atoms with Gasteiger partial charge in [0, 0.05) is 22.6 Å². The van der Waals surface area contributed by atoms with Crippen molar-refractivity contribution in [2.75, 3.05) is 26.1 Å². The van der Waals surface area contributed by atoms with E-state index < -0.39 is 0 Å². The molecule has 1 heterocycles. The van der Waals surface area contributed by atoms with Gasteiger partial charge in [-0.25, -0.2) is 4.79 Å². The van der Waals surface area contributed by atoms with E-state index in [2.05, 4.69) is 12.2 Å². The van der Waals surface area contributed by atoms with Gasteiger partial charge < -0.3 is 19.5 Å². The molecule has 0 aliphatic heterocycles. The number of carbonyl (C=O) groups is 2. The number of thiophene rings is 1. The van der Waals surface area contributed by atoms with E-state index in [9.17, 15) is 9.59 Å². The molecule has 1 amide bonds. The van der Waals surface area contributed by atoms with E-state index in [0.29, 0.717) is 34.6 Å². The topological polar surface area (TPSA) is 73.9 Å². The molecule has 0 fully saturated rings. The van der Waals surface area contributed by atoms with Crippen LogP contribution in [0.5, 0.6) is 11.5 Å². The van der Waals surface area contributed by atoms with Crippen LogP contribution in [0.1, 0.15) is 46.6 Å². The Hall–Kier alpha value is -2.80. The normalized spacial score (nSPS) is 15.5. The van der Waals surface area contributed by atoms with Crippen LogP contribution in [-0.4, -0.2) is 32.7 Å². The number of nitrogens with one attached hydrogen (secondary N) is 1. The number of rotatable bonds is 7. The number of amides is 1. The highest BCUT2D eigenvalue weighted by molar-refractivity contribution is 7.17. The lowest BCUT2D eigenvalue weighted by atomic mass is 9.88. The molecule has 1 N–H and O–H groups in total. The maximum absolute atomic E-state index is 12.6. The van der Waals surface area contributed by atoms with Gasteiger partial charge in [0.05, 0.1) is 26.4 Å². The fourth-order valence-electron chi connectivity index (χ4n) is 3.53. The minimum absolute atomic E-state index is 0.296. The zero-order valence-electron chi connectivity index (χ0n) is 17.7. The van der Waals surface area contributed by atoms with Gasteiger partial charge in [-0.05, 0) is 55.9 Å². The molecule has 0 bridgehead atoms. The second-order valence-corrected chi connectivity index (χ2v) is 8.31. The first kappa shape index (κ1) is 21.9. The lowest BCUT2D eigenvalue weighted by Crippen LogP contribution is -2.15. The average Bonchev–Trinajstić information content (AvgIpc) is 3.08. The molecule has 1 aromatic heterocycles. The fourth-order valence-corrected chi connectivity index (χ4v) is 4.93. The van der Waals surface area contributed by atoms with Crippen molar-refractivity contribution in [3.05, 3.63) is 45.8 Å². The van der Waals surface area contributed by atoms with E-state index in [1.165, 1.54) is 17.4 Å². The minimum atomic E-state index is -0.374. The minimum Gasteiger partial charge on any atom is -0.497 e. The molecule has 6 nitrogen and oxygen atoms in total. The Bertz CT molecular complexity index is 963. The predicted octanol–water partition coefficient (Wildman–Crippen LogP) is 4.72. The highest BCUT2D eigenvalue weighted by Crippen LogP contribution is 2.40. The van der Waals surface area contributed by atoms with Crippen molar-refractivity contribution in [1.29, 1.82) is 0 Å². The average molecular weight is 430 g/mol. The van der Waals surface area contributed by atoms with Crippen LogP contribution in [-0.2, 0) is 22.4 Å². The summed E-state index contributed by atoms with van der Waals surface area (Å²) in [6.07, 6.45) is 5.88. The fraction of sp³-hybridized carbons (Fsp3) is 0.391. The zero-order valence-corrected chi connectivity index (χ0v) is 18.6. The van der Waals surface area contributed by atoms with Gasteiger partial charge >= 0.3 is 5.97 Å². The van der Waals surface area contributed by atoms with Gasteiger partial charge in [-0.1, -0.05) is 6.92 Å². The van der Waals surface area contributed by atoms with Crippen LogP contribution in [0.4, 0.5) is 5.00 Å². The Balaban J connectivity index is 1.83. The molecule has 1 atom stereocenters. The second-order valence-electron chi connectivity index (χ2n) is 7.21. The molecule has 1 aliphatic carbocycles. The Kier molecular flexibility index (Phi) is 7.15. The van der Waals surface area contributed by atoms with E-state index in [0.717, 1.165) is 35.3 Å². The summed E-state index contributed by atoms with van der Waals surface area (Å²) < 4.78 is 15.8. The first-order valence-corrected chi connectivity index (χ1v) is 10.8. The van der Waals surface area contributed by atoms with Gasteiger partial charge in [-0.3, -0.25) is 4.79 Å². The summed E-state index contributed by atoms with van der Waals surface area (Å²) >= 11 is 1.47. The van der Waals surface area contributed by atoms with Crippen molar-refractivity contribution in [2.45, 2.75) is 33.1 Å². The van der Waals surface area contributed by atoms with Crippen LogP contribution in [0.25, 0.3) is 6.08 Å². The van der Waals surface area contributed by atoms with Crippen molar-refractivity contribution in [3.63, 3.8) is 0 Å². The number of benzene rings is 1. The smallest absolute Gasteiger partial charge is 0.341 e. The number of hydrogen-bond acceptors (Lipinski definition) is 6. The molecule has 1 aromatic carbocycles. The molecule has 160 valence electrons. The van der Waals surface area contributed by atoms with E-state index in [4.69, 9.17) is 14.2 Å². The molecule has 0 saturated carbocycles. The maximum atomic E-state index is 12.6. The summed E-state index contributed by atoms with van der Waals surface area (Å²) in [5.41, 5.74) is 2.28. The van der Waals surface area contributed by atoms with Crippen molar-refractivity contribution in [2.24, 2.45) is 5.92 Å². The third-order valence-electron chi connectivity index (χ3n) is 5.08. The second kappa shape index (κ2) is 9.80. The summed E-state index contributed by atoms with van der Waals surface area (Å²) in [5.74, 6) is 1.15. The lowest BCUT2D eigenvalue weighted by Gasteiger charge is -2.18. The van der Waals surface area contributed by atoms with Crippen LogP contribution in [0.2, 0.25) is 0 Å². The molecule has 7 heteroatoms. The summed E-state index contributed by atoms with van der Waals surface area (Å²) in [6.45, 7) is 4.28. The molecular weight excluding hydrogens is 402 g/mol. The van der Waals surface area contributed by atoms with Gasteiger partial charge in [0.1, 0.15) is 16.5 Å². The molecule has 1 unspecified atom stereocenters. The number of carbonyl (C=O) groups excluding carboxylic acids is 2. The van der Waals surface area contributed by atoms with Crippen LogP contribution >= 0.6 is 11.3 Å². The van der Waals surface area contributed by atoms with E-state index in [1.807, 2.05) is 6.07 Å². The standard InChI is InChI=1S/C23H27NO5S/c1-5-29-23(26)21-17-10-6-14(2)12-19(17)30-22(21)24-20(25)11-8-15-7-9-16(27-3)13-18(15)28-4/h7-9,11,13-14H,5-6,10,12H2,1-4H3,(H,24,25). The van der Waals surface area contributed by atoms with Gasteiger partial charge in [0.25, 0.3) is 0 Å². The molecule has 1 aliphatic rings. The lowest BCUT2D eigenvalue weighted by molar-refractivity contribution is -0.111. The van der Waals surface area contributed by atoms with Crippen molar-refractivity contribution < 1.29 is 23.8 Å². The third kappa shape index (κ3) is 4.84. The largest absolute Gasteiger partial charge is 0.497 e. The summed E-state index contributed by atoms with van der Waals surface area (Å²) in [5, 5.41) is 3.44.